The number of rotatable bonds is 6. The molecule has 0 radical (unpaired) electrons. The van der Waals surface area contributed by atoms with Crippen molar-refractivity contribution in [3.63, 3.8) is 0 Å². The molecular formula is C21H21N3O2S. The maximum Gasteiger partial charge on any atom is 0.234 e. The lowest BCUT2D eigenvalue weighted by Crippen LogP contribution is -2.14. The standard InChI is InChI=1S/C21H21N3O2S/c1-14-4-6-17(7-5-14)24-19(25)12-27-21-11-20(22-13-23-21)26-18-9-15(2)8-16(3)10-18/h4-11,13H,12H2,1-3H3,(H,24,25). The fraction of sp³-hybridized carbons (Fsp3) is 0.190. The van der Waals surface area contributed by atoms with Crippen molar-refractivity contribution in [1.29, 1.82) is 0 Å². The van der Waals surface area contributed by atoms with E-state index in [0.717, 1.165) is 28.1 Å². The molecule has 0 aliphatic carbocycles. The average molecular weight is 379 g/mol. The van der Waals surface area contributed by atoms with Crippen molar-refractivity contribution in [3.05, 3.63) is 71.5 Å². The van der Waals surface area contributed by atoms with Gasteiger partial charge in [0.1, 0.15) is 17.1 Å². The van der Waals surface area contributed by atoms with Crippen LogP contribution in [0.25, 0.3) is 0 Å². The van der Waals surface area contributed by atoms with Gasteiger partial charge in [0.15, 0.2) is 0 Å². The monoisotopic (exact) mass is 379 g/mol. The fourth-order valence-electron chi connectivity index (χ4n) is 2.54. The second kappa shape index (κ2) is 8.68. The molecule has 0 unspecified atom stereocenters. The lowest BCUT2D eigenvalue weighted by atomic mass is 10.1. The zero-order valence-electron chi connectivity index (χ0n) is 15.5. The Morgan fingerprint density at radius 3 is 2.37 bits per heavy atom. The zero-order valence-corrected chi connectivity index (χ0v) is 16.3. The van der Waals surface area contributed by atoms with E-state index in [1.54, 1.807) is 6.07 Å². The number of hydrogen-bond donors (Lipinski definition) is 1. The Kier molecular flexibility index (Phi) is 6.08. The molecular weight excluding hydrogens is 358 g/mol. The summed E-state index contributed by atoms with van der Waals surface area (Å²) in [5.74, 6) is 1.36. The number of hydrogen-bond acceptors (Lipinski definition) is 5. The van der Waals surface area contributed by atoms with Crippen LogP contribution in [0.3, 0.4) is 0 Å². The Bertz CT molecular complexity index is 922. The van der Waals surface area contributed by atoms with Crippen molar-refractivity contribution in [1.82, 2.24) is 9.97 Å². The minimum atomic E-state index is -0.0840. The van der Waals surface area contributed by atoms with Gasteiger partial charge in [-0.3, -0.25) is 4.79 Å². The third-order valence-corrected chi connectivity index (χ3v) is 4.65. The maximum atomic E-state index is 12.1. The lowest BCUT2D eigenvalue weighted by Gasteiger charge is -2.08. The molecule has 2 aromatic carbocycles. The van der Waals surface area contributed by atoms with Crippen LogP contribution in [0.5, 0.6) is 11.6 Å². The van der Waals surface area contributed by atoms with E-state index in [-0.39, 0.29) is 11.7 Å². The van der Waals surface area contributed by atoms with Gasteiger partial charge in [0.25, 0.3) is 0 Å². The topological polar surface area (TPSA) is 64.1 Å². The molecule has 5 nitrogen and oxygen atoms in total. The SMILES string of the molecule is Cc1ccc(NC(=O)CSc2cc(Oc3cc(C)cc(C)c3)ncn2)cc1. The second-order valence-corrected chi connectivity index (χ2v) is 7.32. The van der Waals surface area contributed by atoms with E-state index in [1.807, 2.05) is 57.2 Å². The molecule has 6 heteroatoms. The molecule has 3 aromatic rings. The minimum Gasteiger partial charge on any atom is -0.439 e. The highest BCUT2D eigenvalue weighted by molar-refractivity contribution is 7.99. The van der Waals surface area contributed by atoms with Crippen molar-refractivity contribution in [2.45, 2.75) is 25.8 Å². The number of ether oxygens (including phenoxy) is 1. The summed E-state index contributed by atoms with van der Waals surface area (Å²) in [5.41, 5.74) is 4.19. The summed E-state index contributed by atoms with van der Waals surface area (Å²) in [7, 11) is 0. The van der Waals surface area contributed by atoms with Crippen LogP contribution in [0.1, 0.15) is 16.7 Å². The predicted molar refractivity (Wildman–Crippen MR) is 109 cm³/mol. The fourth-order valence-corrected chi connectivity index (χ4v) is 3.20. The van der Waals surface area contributed by atoms with Crippen LogP contribution < -0.4 is 10.1 Å². The van der Waals surface area contributed by atoms with Crippen molar-refractivity contribution in [2.75, 3.05) is 11.1 Å². The van der Waals surface area contributed by atoms with Crippen LogP contribution in [0.4, 0.5) is 5.69 Å². The Morgan fingerprint density at radius 2 is 1.67 bits per heavy atom. The van der Waals surface area contributed by atoms with Crippen LogP contribution in [0, 0.1) is 20.8 Å². The molecule has 0 spiro atoms. The van der Waals surface area contributed by atoms with Crippen molar-refractivity contribution >= 4 is 23.4 Å². The Morgan fingerprint density at radius 1 is 0.963 bits per heavy atom. The van der Waals surface area contributed by atoms with Gasteiger partial charge < -0.3 is 10.1 Å². The number of aryl methyl sites for hydroxylation is 3. The predicted octanol–water partition coefficient (Wildman–Crippen LogP) is 4.92. The molecule has 1 amide bonds. The van der Waals surface area contributed by atoms with E-state index >= 15 is 0 Å². The molecule has 0 fully saturated rings. The zero-order chi connectivity index (χ0) is 19.2. The average Bonchev–Trinajstić information content (AvgIpc) is 2.61. The number of nitrogens with zero attached hydrogens (tertiary/aromatic N) is 2. The number of thioether (sulfide) groups is 1. The molecule has 0 atom stereocenters. The van der Waals surface area contributed by atoms with Crippen LogP contribution >= 0.6 is 11.8 Å². The third-order valence-electron chi connectivity index (χ3n) is 3.72. The summed E-state index contributed by atoms with van der Waals surface area (Å²) < 4.78 is 5.83. The molecule has 0 bridgehead atoms. The third kappa shape index (κ3) is 5.82. The van der Waals surface area contributed by atoms with Crippen LogP contribution in [0.15, 0.2) is 59.9 Å². The van der Waals surface area contributed by atoms with Crippen molar-refractivity contribution < 1.29 is 9.53 Å². The van der Waals surface area contributed by atoms with E-state index in [0.29, 0.717) is 10.9 Å². The van der Waals surface area contributed by atoms with Gasteiger partial charge >= 0.3 is 0 Å². The molecule has 27 heavy (non-hydrogen) atoms. The summed E-state index contributed by atoms with van der Waals surface area (Å²) in [6.45, 7) is 6.05. The molecule has 1 N–H and O–H groups in total. The number of carbonyl (C=O) groups excluding carboxylic acids is 1. The molecule has 1 heterocycles. The maximum absolute atomic E-state index is 12.1. The quantitative estimate of drug-likeness (QED) is 0.486. The number of benzene rings is 2. The molecule has 1 aromatic heterocycles. The normalized spacial score (nSPS) is 10.5. The Balaban J connectivity index is 1.58. The Labute approximate surface area is 163 Å². The van der Waals surface area contributed by atoms with E-state index < -0.39 is 0 Å². The summed E-state index contributed by atoms with van der Waals surface area (Å²) in [4.78, 5) is 20.5. The number of carbonyl (C=O) groups is 1. The lowest BCUT2D eigenvalue weighted by molar-refractivity contribution is -0.113. The van der Waals surface area contributed by atoms with Gasteiger partial charge in [-0.2, -0.15) is 0 Å². The van der Waals surface area contributed by atoms with Crippen molar-refractivity contribution in [2.24, 2.45) is 0 Å². The van der Waals surface area contributed by atoms with Gasteiger partial charge in [-0.15, -0.1) is 0 Å². The summed E-state index contributed by atoms with van der Waals surface area (Å²) >= 11 is 1.34. The first-order chi connectivity index (χ1) is 13.0. The van der Waals surface area contributed by atoms with Gasteiger partial charge in [0.05, 0.1) is 5.75 Å². The van der Waals surface area contributed by atoms with Gasteiger partial charge in [0, 0.05) is 11.8 Å². The highest BCUT2D eigenvalue weighted by Gasteiger charge is 2.07. The van der Waals surface area contributed by atoms with Crippen LogP contribution in [-0.4, -0.2) is 21.6 Å². The second-order valence-electron chi connectivity index (χ2n) is 6.32. The van der Waals surface area contributed by atoms with E-state index in [2.05, 4.69) is 21.4 Å². The largest absolute Gasteiger partial charge is 0.439 e. The Hall–Kier alpha value is -2.86. The van der Waals surface area contributed by atoms with Crippen molar-refractivity contribution in [3.8, 4) is 11.6 Å². The molecule has 3 rings (SSSR count). The van der Waals surface area contributed by atoms with Gasteiger partial charge in [-0.25, -0.2) is 9.97 Å². The summed E-state index contributed by atoms with van der Waals surface area (Å²) in [6, 6.07) is 15.4. The molecule has 0 aliphatic rings. The van der Waals surface area contributed by atoms with E-state index in [4.69, 9.17) is 4.74 Å². The molecule has 138 valence electrons. The first-order valence-corrected chi connectivity index (χ1v) is 9.54. The number of amides is 1. The summed E-state index contributed by atoms with van der Waals surface area (Å²) in [5, 5.41) is 3.56. The van der Waals surface area contributed by atoms with Crippen LogP contribution in [-0.2, 0) is 4.79 Å². The molecule has 0 saturated carbocycles. The molecule has 0 saturated heterocycles. The van der Waals surface area contributed by atoms with Gasteiger partial charge in [0.2, 0.25) is 11.8 Å². The van der Waals surface area contributed by atoms with Crippen LogP contribution in [0.2, 0.25) is 0 Å². The summed E-state index contributed by atoms with van der Waals surface area (Å²) in [6.07, 6.45) is 1.44. The highest BCUT2D eigenvalue weighted by Crippen LogP contribution is 2.25. The first kappa shape index (κ1) is 18.9. The molecule has 0 aliphatic heterocycles. The van der Waals surface area contributed by atoms with Gasteiger partial charge in [-0.1, -0.05) is 35.5 Å². The first-order valence-electron chi connectivity index (χ1n) is 8.55. The van der Waals surface area contributed by atoms with E-state index in [9.17, 15) is 4.79 Å². The minimum absolute atomic E-state index is 0.0840. The smallest absolute Gasteiger partial charge is 0.234 e. The van der Waals surface area contributed by atoms with E-state index in [1.165, 1.54) is 18.1 Å². The van der Waals surface area contributed by atoms with Gasteiger partial charge in [-0.05, 0) is 56.2 Å². The highest BCUT2D eigenvalue weighted by atomic mass is 32.2. The number of aromatic nitrogens is 2. The number of nitrogens with one attached hydrogen (secondary N) is 1. The number of anilines is 1.